The number of carbonyl (C=O) groups is 1. The fourth-order valence-corrected chi connectivity index (χ4v) is 2.02. The Bertz CT molecular complexity index is 506. The number of benzene rings is 1. The van der Waals surface area contributed by atoms with Gasteiger partial charge in [0.1, 0.15) is 0 Å². The summed E-state index contributed by atoms with van der Waals surface area (Å²) in [5, 5.41) is 0.554. The van der Waals surface area contributed by atoms with E-state index in [0.717, 1.165) is 10.0 Å². The average molecular weight is 300 g/mol. The van der Waals surface area contributed by atoms with Crippen molar-refractivity contribution in [2.75, 3.05) is 0 Å². The Morgan fingerprint density at radius 2 is 2.19 bits per heavy atom. The highest BCUT2D eigenvalue weighted by Gasteiger charge is 2.11. The molecule has 1 heterocycles. The van der Waals surface area contributed by atoms with Crippen LogP contribution in [0.3, 0.4) is 0 Å². The van der Waals surface area contributed by atoms with Crippen LogP contribution in [-0.2, 0) is 6.42 Å². The van der Waals surface area contributed by atoms with Crippen LogP contribution in [-0.4, -0.2) is 5.78 Å². The highest BCUT2D eigenvalue weighted by Crippen LogP contribution is 2.22. The minimum Gasteiger partial charge on any atom is -0.472 e. The van der Waals surface area contributed by atoms with E-state index < -0.39 is 0 Å². The molecule has 2 nitrogen and oxygen atoms in total. The van der Waals surface area contributed by atoms with Crippen molar-refractivity contribution < 1.29 is 9.21 Å². The van der Waals surface area contributed by atoms with Gasteiger partial charge in [-0.3, -0.25) is 4.79 Å². The number of Topliss-reactive ketones (excluding diaryl/α,β-unsaturated/α-hetero) is 1. The van der Waals surface area contributed by atoms with Crippen LogP contribution in [0, 0.1) is 0 Å². The lowest BCUT2D eigenvalue weighted by atomic mass is 10.1. The van der Waals surface area contributed by atoms with E-state index in [1.54, 1.807) is 36.8 Å². The van der Waals surface area contributed by atoms with Gasteiger partial charge in [0, 0.05) is 21.5 Å². The zero-order valence-corrected chi connectivity index (χ0v) is 10.6. The van der Waals surface area contributed by atoms with Crippen LogP contribution in [0.5, 0.6) is 0 Å². The zero-order chi connectivity index (χ0) is 11.5. The molecule has 0 bridgehead atoms. The van der Waals surface area contributed by atoms with Crippen LogP contribution in [0.1, 0.15) is 15.9 Å². The van der Waals surface area contributed by atoms with Crippen molar-refractivity contribution in [3.8, 4) is 0 Å². The molecule has 16 heavy (non-hydrogen) atoms. The van der Waals surface area contributed by atoms with Crippen molar-refractivity contribution in [1.82, 2.24) is 0 Å². The maximum atomic E-state index is 12.0. The molecule has 0 amide bonds. The number of hydrogen-bond acceptors (Lipinski definition) is 2. The Morgan fingerprint density at radius 3 is 2.88 bits per heavy atom. The summed E-state index contributed by atoms with van der Waals surface area (Å²) in [4.78, 5) is 12.0. The van der Waals surface area contributed by atoms with Gasteiger partial charge in [-0.25, -0.2) is 0 Å². The molecule has 0 saturated carbocycles. The summed E-state index contributed by atoms with van der Waals surface area (Å²) in [6.07, 6.45) is 3.43. The largest absolute Gasteiger partial charge is 0.472 e. The number of rotatable bonds is 3. The van der Waals surface area contributed by atoms with Gasteiger partial charge in [-0.15, -0.1) is 0 Å². The fourth-order valence-electron chi connectivity index (χ4n) is 1.39. The van der Waals surface area contributed by atoms with Crippen molar-refractivity contribution in [1.29, 1.82) is 0 Å². The summed E-state index contributed by atoms with van der Waals surface area (Å²) >= 11 is 9.18. The molecule has 1 aromatic heterocycles. The highest BCUT2D eigenvalue weighted by molar-refractivity contribution is 9.10. The molecule has 0 spiro atoms. The maximum absolute atomic E-state index is 12.0. The summed E-state index contributed by atoms with van der Waals surface area (Å²) in [5.41, 5.74) is 1.45. The summed E-state index contributed by atoms with van der Waals surface area (Å²) in [6.45, 7) is 0. The van der Waals surface area contributed by atoms with E-state index >= 15 is 0 Å². The molecule has 0 aliphatic heterocycles. The van der Waals surface area contributed by atoms with Crippen molar-refractivity contribution in [3.63, 3.8) is 0 Å². The molecular formula is C12H8BrClO2. The van der Waals surface area contributed by atoms with Gasteiger partial charge >= 0.3 is 0 Å². The monoisotopic (exact) mass is 298 g/mol. The Labute approximate surface area is 106 Å². The molecular weight excluding hydrogens is 291 g/mol. The Hall–Kier alpha value is -1.06. The molecule has 0 aliphatic rings. The first-order valence-electron chi connectivity index (χ1n) is 4.66. The van der Waals surface area contributed by atoms with Crippen LogP contribution < -0.4 is 0 Å². The van der Waals surface area contributed by atoms with Crippen molar-refractivity contribution in [2.45, 2.75) is 6.42 Å². The molecule has 1 aromatic carbocycles. The average Bonchev–Trinajstić information content (AvgIpc) is 2.74. The summed E-state index contributed by atoms with van der Waals surface area (Å²) in [5.74, 6) is 0.00998. The van der Waals surface area contributed by atoms with Gasteiger partial charge in [0.05, 0.1) is 12.5 Å². The van der Waals surface area contributed by atoms with Gasteiger partial charge in [0.25, 0.3) is 0 Å². The van der Waals surface area contributed by atoms with Crippen LogP contribution in [0.2, 0.25) is 5.02 Å². The minimum atomic E-state index is 0.00998. The maximum Gasteiger partial charge on any atom is 0.168 e. The Morgan fingerprint density at radius 1 is 1.38 bits per heavy atom. The quantitative estimate of drug-likeness (QED) is 0.798. The molecule has 2 aromatic rings. The van der Waals surface area contributed by atoms with Crippen LogP contribution >= 0.6 is 27.5 Å². The first-order chi connectivity index (χ1) is 7.66. The van der Waals surface area contributed by atoms with Gasteiger partial charge in [0.15, 0.2) is 5.78 Å². The number of ketones is 1. The SMILES string of the molecule is O=C(Cc1ccoc1)c1cc(Cl)ccc1Br. The molecule has 2 rings (SSSR count). The van der Waals surface area contributed by atoms with E-state index in [0.29, 0.717) is 17.0 Å². The van der Waals surface area contributed by atoms with Crippen molar-refractivity contribution >= 4 is 33.3 Å². The van der Waals surface area contributed by atoms with Crippen LogP contribution in [0.15, 0.2) is 45.7 Å². The lowest BCUT2D eigenvalue weighted by molar-refractivity contribution is 0.0992. The van der Waals surface area contributed by atoms with E-state index in [4.69, 9.17) is 16.0 Å². The van der Waals surface area contributed by atoms with E-state index in [2.05, 4.69) is 15.9 Å². The predicted octanol–water partition coefficient (Wildman–Crippen LogP) is 4.12. The van der Waals surface area contributed by atoms with Gasteiger partial charge < -0.3 is 4.42 Å². The third-order valence-corrected chi connectivity index (χ3v) is 3.10. The first kappa shape index (κ1) is 11.4. The number of furan rings is 1. The normalized spacial score (nSPS) is 10.4. The minimum absolute atomic E-state index is 0.00998. The fraction of sp³-hybridized carbons (Fsp3) is 0.0833. The van der Waals surface area contributed by atoms with Crippen molar-refractivity contribution in [2.24, 2.45) is 0 Å². The number of carbonyl (C=O) groups excluding carboxylic acids is 1. The second-order valence-corrected chi connectivity index (χ2v) is 4.65. The molecule has 0 saturated heterocycles. The molecule has 0 atom stereocenters. The summed E-state index contributed by atoms with van der Waals surface area (Å²) < 4.78 is 5.67. The van der Waals surface area contributed by atoms with Crippen LogP contribution in [0.25, 0.3) is 0 Å². The molecule has 4 heteroatoms. The van der Waals surface area contributed by atoms with Gasteiger partial charge in [-0.1, -0.05) is 27.5 Å². The lowest BCUT2D eigenvalue weighted by Crippen LogP contribution is -2.03. The molecule has 0 aliphatic carbocycles. The smallest absolute Gasteiger partial charge is 0.168 e. The molecule has 0 unspecified atom stereocenters. The Balaban J connectivity index is 2.24. The van der Waals surface area contributed by atoms with E-state index in [1.807, 2.05) is 0 Å². The number of halogens is 2. The first-order valence-corrected chi connectivity index (χ1v) is 5.83. The third kappa shape index (κ3) is 2.54. The van der Waals surface area contributed by atoms with Crippen molar-refractivity contribution in [3.05, 3.63) is 57.4 Å². The standard InChI is InChI=1S/C12H8BrClO2/c13-11-2-1-9(14)6-10(11)12(15)5-8-3-4-16-7-8/h1-4,6-7H,5H2. The van der Waals surface area contributed by atoms with Gasteiger partial charge in [-0.05, 0) is 29.8 Å². The molecule has 82 valence electrons. The van der Waals surface area contributed by atoms with E-state index in [-0.39, 0.29) is 5.78 Å². The lowest BCUT2D eigenvalue weighted by Gasteiger charge is -2.03. The van der Waals surface area contributed by atoms with Gasteiger partial charge in [0.2, 0.25) is 0 Å². The molecule has 0 fully saturated rings. The zero-order valence-electron chi connectivity index (χ0n) is 8.24. The molecule has 0 N–H and O–H groups in total. The summed E-state index contributed by atoms with van der Waals surface area (Å²) in [7, 11) is 0. The van der Waals surface area contributed by atoms with Crippen LogP contribution in [0.4, 0.5) is 0 Å². The molecule has 0 radical (unpaired) electrons. The third-order valence-electron chi connectivity index (χ3n) is 2.17. The Kier molecular flexibility index (Phi) is 3.46. The van der Waals surface area contributed by atoms with E-state index in [9.17, 15) is 4.79 Å². The highest BCUT2D eigenvalue weighted by atomic mass is 79.9. The predicted molar refractivity (Wildman–Crippen MR) is 65.9 cm³/mol. The van der Waals surface area contributed by atoms with Gasteiger partial charge in [-0.2, -0.15) is 0 Å². The summed E-state index contributed by atoms with van der Waals surface area (Å²) in [6, 6.07) is 6.94. The topological polar surface area (TPSA) is 30.2 Å². The second-order valence-electron chi connectivity index (χ2n) is 3.36. The van der Waals surface area contributed by atoms with E-state index in [1.165, 1.54) is 0 Å². The number of hydrogen-bond donors (Lipinski definition) is 0. The second kappa shape index (κ2) is 4.85.